The monoisotopic (exact) mass is 511 g/mol. The van der Waals surface area contributed by atoms with Crippen LogP contribution in [0, 0.1) is 12.3 Å². The lowest BCUT2D eigenvalue weighted by atomic mass is 9.76. The molecular formula is C27H30ClN3O5. The Morgan fingerprint density at radius 2 is 1.72 bits per heavy atom. The first-order valence-electron chi connectivity index (χ1n) is 11.5. The van der Waals surface area contributed by atoms with Crippen molar-refractivity contribution in [3.05, 3.63) is 57.9 Å². The van der Waals surface area contributed by atoms with Crippen LogP contribution in [0.25, 0.3) is 5.69 Å². The number of ketones is 1. The first kappa shape index (κ1) is 25.4. The number of nitrogens with two attached hydrogens (primary N) is 1. The molecule has 4 rings (SSSR count). The Morgan fingerprint density at radius 3 is 2.33 bits per heavy atom. The number of halogens is 1. The largest absolute Gasteiger partial charge is 0.493 e. The lowest BCUT2D eigenvalue weighted by molar-refractivity contribution is 0.0910. The van der Waals surface area contributed by atoms with E-state index in [-0.39, 0.29) is 27.5 Å². The quantitative estimate of drug-likeness (QED) is 0.436. The highest BCUT2D eigenvalue weighted by atomic mass is 35.5. The molecule has 0 unspecified atom stereocenters. The van der Waals surface area contributed by atoms with Crippen LogP contribution in [0.4, 0.5) is 11.4 Å². The van der Waals surface area contributed by atoms with Crippen LogP contribution in [0.3, 0.4) is 0 Å². The number of benzene rings is 2. The van der Waals surface area contributed by atoms with Gasteiger partial charge in [-0.15, -0.1) is 0 Å². The van der Waals surface area contributed by atoms with Crippen molar-refractivity contribution in [1.29, 1.82) is 0 Å². The molecule has 0 atom stereocenters. The number of aromatic nitrogens is 1. The summed E-state index contributed by atoms with van der Waals surface area (Å²) < 4.78 is 18.4. The van der Waals surface area contributed by atoms with Gasteiger partial charge in [0.05, 0.1) is 38.3 Å². The molecule has 0 bridgehead atoms. The van der Waals surface area contributed by atoms with Crippen molar-refractivity contribution < 1.29 is 23.8 Å². The third kappa shape index (κ3) is 4.37. The number of carbonyl (C=O) groups excluding carboxylic acids is 2. The number of nitrogens with one attached hydrogen (secondary N) is 1. The van der Waals surface area contributed by atoms with E-state index in [1.807, 2.05) is 25.1 Å². The molecule has 0 saturated heterocycles. The van der Waals surface area contributed by atoms with Gasteiger partial charge in [-0.2, -0.15) is 0 Å². The van der Waals surface area contributed by atoms with Gasteiger partial charge in [-0.3, -0.25) is 9.59 Å². The van der Waals surface area contributed by atoms with Gasteiger partial charge < -0.3 is 29.8 Å². The normalized spacial score (nSPS) is 14.2. The average Bonchev–Trinajstić information content (AvgIpc) is 3.14. The van der Waals surface area contributed by atoms with E-state index < -0.39 is 5.91 Å². The molecule has 8 nitrogen and oxygen atoms in total. The average molecular weight is 512 g/mol. The topological polar surface area (TPSA) is 105 Å². The van der Waals surface area contributed by atoms with E-state index in [2.05, 4.69) is 23.7 Å². The predicted molar refractivity (Wildman–Crippen MR) is 140 cm³/mol. The number of ether oxygens (including phenoxy) is 3. The molecule has 0 spiro atoms. The van der Waals surface area contributed by atoms with E-state index in [0.29, 0.717) is 29.3 Å². The highest BCUT2D eigenvalue weighted by molar-refractivity contribution is 6.35. The van der Waals surface area contributed by atoms with E-state index in [0.717, 1.165) is 29.1 Å². The van der Waals surface area contributed by atoms with Gasteiger partial charge in [0.15, 0.2) is 17.3 Å². The number of methoxy groups -OCH3 is 3. The Morgan fingerprint density at radius 1 is 1.03 bits per heavy atom. The first-order valence-corrected chi connectivity index (χ1v) is 11.8. The van der Waals surface area contributed by atoms with Crippen LogP contribution < -0.4 is 25.3 Å². The van der Waals surface area contributed by atoms with Crippen LogP contribution in [0.5, 0.6) is 17.2 Å². The highest BCUT2D eigenvalue weighted by Gasteiger charge is 2.34. The zero-order valence-corrected chi connectivity index (χ0v) is 22.0. The molecule has 2 aromatic carbocycles. The molecule has 9 heteroatoms. The Labute approximate surface area is 215 Å². The van der Waals surface area contributed by atoms with Crippen molar-refractivity contribution in [1.82, 2.24) is 4.57 Å². The van der Waals surface area contributed by atoms with Gasteiger partial charge in [0.2, 0.25) is 5.75 Å². The van der Waals surface area contributed by atoms with Gasteiger partial charge in [0.1, 0.15) is 5.02 Å². The molecule has 1 aromatic heterocycles. The van der Waals surface area contributed by atoms with Crippen LogP contribution in [0.2, 0.25) is 5.02 Å². The third-order valence-electron chi connectivity index (χ3n) is 6.44. The van der Waals surface area contributed by atoms with Crippen LogP contribution >= 0.6 is 11.6 Å². The lowest BCUT2D eigenvalue weighted by Crippen LogP contribution is -2.27. The second-order valence-electron chi connectivity index (χ2n) is 9.65. The molecular weight excluding hydrogens is 482 g/mol. The minimum atomic E-state index is -0.602. The third-order valence-corrected chi connectivity index (χ3v) is 6.81. The fourth-order valence-corrected chi connectivity index (χ4v) is 5.12. The molecule has 0 fully saturated rings. The van der Waals surface area contributed by atoms with Crippen molar-refractivity contribution in [3.63, 3.8) is 0 Å². The van der Waals surface area contributed by atoms with Crippen LogP contribution in [-0.2, 0) is 6.42 Å². The molecule has 3 aromatic rings. The molecule has 0 radical (unpaired) electrons. The molecule has 3 N–H and O–H groups in total. The smallest absolute Gasteiger partial charge is 0.250 e. The molecule has 36 heavy (non-hydrogen) atoms. The zero-order valence-electron chi connectivity index (χ0n) is 21.2. The van der Waals surface area contributed by atoms with Gasteiger partial charge in [-0.05, 0) is 43.0 Å². The number of hydrogen-bond acceptors (Lipinski definition) is 6. The zero-order chi connectivity index (χ0) is 26.4. The first-order chi connectivity index (χ1) is 17.0. The maximum absolute atomic E-state index is 12.8. The summed E-state index contributed by atoms with van der Waals surface area (Å²) in [5.74, 6) is 0.568. The fourth-order valence-electron chi connectivity index (χ4n) is 4.86. The number of primary amides is 1. The lowest BCUT2D eigenvalue weighted by Gasteiger charge is -2.30. The maximum Gasteiger partial charge on any atom is 0.250 e. The minimum Gasteiger partial charge on any atom is -0.493 e. The summed E-state index contributed by atoms with van der Waals surface area (Å²) in [6.45, 7) is 6.15. The molecule has 1 aliphatic carbocycles. The summed E-state index contributed by atoms with van der Waals surface area (Å²) in [7, 11) is 4.47. The Hall–Kier alpha value is -3.65. The van der Waals surface area contributed by atoms with Gasteiger partial charge in [-0.25, -0.2) is 0 Å². The number of aryl methyl sites for hydroxylation is 1. The van der Waals surface area contributed by atoms with Crippen molar-refractivity contribution in [3.8, 4) is 22.9 Å². The molecule has 1 aliphatic rings. The molecule has 190 valence electrons. The van der Waals surface area contributed by atoms with E-state index in [9.17, 15) is 9.59 Å². The number of Topliss-reactive ketones (excluding diaryl/α,β-unsaturated/α-hetero) is 1. The fraction of sp³-hybridized carbons (Fsp3) is 0.333. The minimum absolute atomic E-state index is 0.138. The summed E-state index contributed by atoms with van der Waals surface area (Å²) in [4.78, 5) is 25.1. The standard InChI is InChI=1S/C27H30ClN3O5/c1-14-9-17-20(12-27(2,3)13-21(17)32)31(14)15-7-8-16(26(29)33)18(10-15)30-19-11-22(34-4)24(35-5)25(36-6)23(19)28/h7-11,30H,12-13H2,1-6H3,(H2,29,33). The van der Waals surface area contributed by atoms with Crippen molar-refractivity contribution in [2.45, 2.75) is 33.6 Å². The van der Waals surface area contributed by atoms with Gasteiger partial charge in [-0.1, -0.05) is 25.4 Å². The number of anilines is 2. The van der Waals surface area contributed by atoms with Crippen molar-refractivity contribution >= 4 is 34.7 Å². The number of fused-ring (bicyclic) bond motifs is 1. The molecule has 0 aliphatic heterocycles. The molecule has 1 heterocycles. The number of amides is 1. The Kier molecular flexibility index (Phi) is 6.66. The molecule has 1 amide bonds. The number of nitrogens with zero attached hydrogens (tertiary/aromatic N) is 1. The number of rotatable bonds is 7. The van der Waals surface area contributed by atoms with Gasteiger partial charge >= 0.3 is 0 Å². The van der Waals surface area contributed by atoms with E-state index in [4.69, 9.17) is 31.5 Å². The maximum atomic E-state index is 12.8. The predicted octanol–water partition coefficient (Wildman–Crippen LogP) is 5.46. The summed E-state index contributed by atoms with van der Waals surface area (Å²) >= 11 is 6.63. The summed E-state index contributed by atoms with van der Waals surface area (Å²) in [6.07, 6.45) is 1.26. The van der Waals surface area contributed by atoms with E-state index in [1.54, 1.807) is 12.1 Å². The summed E-state index contributed by atoms with van der Waals surface area (Å²) in [6, 6.07) is 8.89. The van der Waals surface area contributed by atoms with E-state index >= 15 is 0 Å². The Balaban J connectivity index is 1.87. The highest BCUT2D eigenvalue weighted by Crippen LogP contribution is 2.48. The summed E-state index contributed by atoms with van der Waals surface area (Å²) in [5.41, 5.74) is 10.1. The molecule has 0 saturated carbocycles. The van der Waals surface area contributed by atoms with Gasteiger partial charge in [0, 0.05) is 35.1 Å². The number of hydrogen-bond donors (Lipinski definition) is 2. The van der Waals surface area contributed by atoms with E-state index in [1.165, 1.54) is 21.3 Å². The van der Waals surface area contributed by atoms with Crippen LogP contribution in [0.15, 0.2) is 30.3 Å². The Bertz CT molecular complexity index is 1380. The van der Waals surface area contributed by atoms with Gasteiger partial charge in [0.25, 0.3) is 5.91 Å². The summed E-state index contributed by atoms with van der Waals surface area (Å²) in [5, 5.41) is 3.47. The second-order valence-corrected chi connectivity index (χ2v) is 10.0. The second kappa shape index (κ2) is 9.43. The number of carbonyl (C=O) groups is 2. The van der Waals surface area contributed by atoms with Crippen LogP contribution in [0.1, 0.15) is 52.4 Å². The van der Waals surface area contributed by atoms with Crippen molar-refractivity contribution in [2.24, 2.45) is 11.1 Å². The SMILES string of the molecule is COc1cc(Nc2cc(-n3c(C)cc4c3CC(C)(C)CC4=O)ccc2C(N)=O)c(Cl)c(OC)c1OC. The van der Waals surface area contributed by atoms with Crippen LogP contribution in [-0.4, -0.2) is 37.6 Å². The van der Waals surface area contributed by atoms with Crippen molar-refractivity contribution in [2.75, 3.05) is 26.6 Å².